The maximum absolute atomic E-state index is 12.3. The zero-order valence-corrected chi connectivity index (χ0v) is 12.8. The molecule has 21 heavy (non-hydrogen) atoms. The van der Waals surface area contributed by atoms with E-state index in [-0.39, 0.29) is 11.9 Å². The molecule has 0 saturated heterocycles. The third-order valence-corrected chi connectivity index (χ3v) is 2.81. The van der Waals surface area contributed by atoms with Gasteiger partial charge in [-0.2, -0.15) is 0 Å². The Kier molecular flexibility index (Phi) is 4.52. The van der Waals surface area contributed by atoms with Crippen molar-refractivity contribution in [1.29, 1.82) is 0 Å². The van der Waals surface area contributed by atoms with E-state index in [1.54, 1.807) is 6.07 Å². The molecule has 1 aromatic carbocycles. The average molecular weight is 284 g/mol. The summed E-state index contributed by atoms with van der Waals surface area (Å²) < 4.78 is 0. The number of aryl methyl sites for hydroxylation is 2. The van der Waals surface area contributed by atoms with Gasteiger partial charge >= 0.3 is 0 Å². The molecular formula is C16H20N4O. The summed E-state index contributed by atoms with van der Waals surface area (Å²) in [7, 11) is 0. The number of nitrogens with one attached hydrogen (secondary N) is 2. The molecule has 5 nitrogen and oxygen atoms in total. The van der Waals surface area contributed by atoms with E-state index in [4.69, 9.17) is 0 Å². The van der Waals surface area contributed by atoms with Crippen molar-refractivity contribution < 1.29 is 4.79 Å². The van der Waals surface area contributed by atoms with Gasteiger partial charge < -0.3 is 10.6 Å². The van der Waals surface area contributed by atoms with Crippen molar-refractivity contribution in [1.82, 2.24) is 9.97 Å². The highest BCUT2D eigenvalue weighted by molar-refractivity contribution is 6.03. The van der Waals surface area contributed by atoms with Gasteiger partial charge in [0, 0.05) is 17.4 Å². The number of anilines is 2. The van der Waals surface area contributed by atoms with Crippen LogP contribution in [0.1, 0.15) is 35.6 Å². The largest absolute Gasteiger partial charge is 0.352 e. The van der Waals surface area contributed by atoms with Crippen LogP contribution in [0.25, 0.3) is 0 Å². The molecule has 0 aliphatic rings. The lowest BCUT2D eigenvalue weighted by atomic mass is 10.2. The highest BCUT2D eigenvalue weighted by Crippen LogP contribution is 2.12. The van der Waals surface area contributed by atoms with Crippen molar-refractivity contribution >= 4 is 17.5 Å². The zero-order valence-electron chi connectivity index (χ0n) is 12.8. The molecule has 1 aromatic heterocycles. The zero-order chi connectivity index (χ0) is 15.4. The second-order valence-corrected chi connectivity index (χ2v) is 5.34. The van der Waals surface area contributed by atoms with Gasteiger partial charge in [-0.15, -0.1) is 0 Å². The molecule has 5 heteroatoms. The Balaban J connectivity index is 2.18. The summed E-state index contributed by atoms with van der Waals surface area (Å²) in [6.45, 7) is 7.84. The number of amides is 1. The van der Waals surface area contributed by atoms with Crippen LogP contribution in [0.15, 0.2) is 30.3 Å². The SMILES string of the molecule is Cc1ccc(NC(=O)c2cc(C)nc(NC(C)C)n2)cc1. The molecule has 0 atom stereocenters. The lowest BCUT2D eigenvalue weighted by Crippen LogP contribution is -2.18. The summed E-state index contributed by atoms with van der Waals surface area (Å²) in [6.07, 6.45) is 0. The summed E-state index contributed by atoms with van der Waals surface area (Å²) in [4.78, 5) is 20.8. The van der Waals surface area contributed by atoms with Crippen molar-refractivity contribution in [3.63, 3.8) is 0 Å². The van der Waals surface area contributed by atoms with Crippen LogP contribution in [-0.2, 0) is 0 Å². The first-order valence-electron chi connectivity index (χ1n) is 6.94. The molecule has 0 spiro atoms. The van der Waals surface area contributed by atoms with Gasteiger partial charge in [0.05, 0.1) is 0 Å². The number of aromatic nitrogens is 2. The van der Waals surface area contributed by atoms with Crippen LogP contribution >= 0.6 is 0 Å². The molecule has 110 valence electrons. The monoisotopic (exact) mass is 284 g/mol. The van der Waals surface area contributed by atoms with Gasteiger partial charge in [0.1, 0.15) is 5.69 Å². The summed E-state index contributed by atoms with van der Waals surface area (Å²) in [6, 6.07) is 9.52. The molecule has 0 saturated carbocycles. The third-order valence-electron chi connectivity index (χ3n) is 2.81. The van der Waals surface area contributed by atoms with Gasteiger partial charge in [-0.25, -0.2) is 9.97 Å². The van der Waals surface area contributed by atoms with Gasteiger partial charge in [0.2, 0.25) is 5.95 Å². The average Bonchev–Trinajstić information content (AvgIpc) is 2.40. The standard InChI is InChI=1S/C16H20N4O/c1-10(2)17-16-18-12(4)9-14(20-16)15(21)19-13-7-5-11(3)6-8-13/h5-10H,1-4H3,(H,19,21)(H,17,18,20). The summed E-state index contributed by atoms with van der Waals surface area (Å²) in [5.41, 5.74) is 3.00. The van der Waals surface area contributed by atoms with Crippen molar-refractivity contribution in [2.24, 2.45) is 0 Å². The third kappa shape index (κ3) is 4.27. The summed E-state index contributed by atoms with van der Waals surface area (Å²) in [5, 5.41) is 5.95. The van der Waals surface area contributed by atoms with Crippen LogP contribution in [-0.4, -0.2) is 21.9 Å². The van der Waals surface area contributed by atoms with E-state index in [0.29, 0.717) is 11.6 Å². The van der Waals surface area contributed by atoms with Crippen LogP contribution in [0.4, 0.5) is 11.6 Å². The predicted molar refractivity (Wildman–Crippen MR) is 84.7 cm³/mol. The number of rotatable bonds is 4. The summed E-state index contributed by atoms with van der Waals surface area (Å²) in [5.74, 6) is 0.232. The van der Waals surface area contributed by atoms with Crippen LogP contribution in [0.5, 0.6) is 0 Å². The Hall–Kier alpha value is -2.43. The lowest BCUT2D eigenvalue weighted by molar-refractivity contribution is 0.102. The molecule has 0 unspecified atom stereocenters. The number of nitrogens with zero attached hydrogens (tertiary/aromatic N) is 2. The molecule has 2 aromatic rings. The molecule has 2 rings (SSSR count). The molecule has 0 aliphatic carbocycles. The van der Waals surface area contributed by atoms with Crippen molar-refractivity contribution in [3.8, 4) is 0 Å². The number of benzene rings is 1. The van der Waals surface area contributed by atoms with Crippen LogP contribution in [0.3, 0.4) is 0 Å². The minimum absolute atomic E-state index is 0.208. The lowest BCUT2D eigenvalue weighted by Gasteiger charge is -2.11. The predicted octanol–water partition coefficient (Wildman–Crippen LogP) is 3.17. The Labute approximate surface area is 124 Å². The van der Waals surface area contributed by atoms with Gasteiger partial charge in [0.25, 0.3) is 5.91 Å². The molecular weight excluding hydrogens is 264 g/mol. The Morgan fingerprint density at radius 3 is 2.38 bits per heavy atom. The van der Waals surface area contributed by atoms with Gasteiger partial charge in [0.15, 0.2) is 0 Å². The highest BCUT2D eigenvalue weighted by Gasteiger charge is 2.11. The van der Waals surface area contributed by atoms with Gasteiger partial charge in [-0.05, 0) is 45.9 Å². The van der Waals surface area contributed by atoms with E-state index in [1.807, 2.05) is 52.0 Å². The first kappa shape index (κ1) is 15.0. The molecule has 2 N–H and O–H groups in total. The fourth-order valence-corrected chi connectivity index (χ4v) is 1.84. The number of hydrogen-bond donors (Lipinski definition) is 2. The maximum Gasteiger partial charge on any atom is 0.274 e. The molecule has 1 heterocycles. The highest BCUT2D eigenvalue weighted by atomic mass is 16.1. The Morgan fingerprint density at radius 1 is 1.10 bits per heavy atom. The Morgan fingerprint density at radius 2 is 1.76 bits per heavy atom. The van der Waals surface area contributed by atoms with Gasteiger partial charge in [-0.1, -0.05) is 17.7 Å². The minimum atomic E-state index is -0.240. The molecule has 0 fully saturated rings. The fourth-order valence-electron chi connectivity index (χ4n) is 1.84. The van der Waals surface area contributed by atoms with E-state index < -0.39 is 0 Å². The van der Waals surface area contributed by atoms with E-state index in [2.05, 4.69) is 20.6 Å². The minimum Gasteiger partial charge on any atom is -0.352 e. The van der Waals surface area contributed by atoms with E-state index in [1.165, 1.54) is 0 Å². The van der Waals surface area contributed by atoms with Crippen molar-refractivity contribution in [3.05, 3.63) is 47.3 Å². The molecule has 0 bridgehead atoms. The van der Waals surface area contributed by atoms with E-state index in [0.717, 1.165) is 16.9 Å². The number of hydrogen-bond acceptors (Lipinski definition) is 4. The van der Waals surface area contributed by atoms with Crippen LogP contribution < -0.4 is 10.6 Å². The number of carbonyl (C=O) groups excluding carboxylic acids is 1. The van der Waals surface area contributed by atoms with Gasteiger partial charge in [-0.3, -0.25) is 4.79 Å². The molecule has 0 radical (unpaired) electrons. The Bertz CT molecular complexity index is 635. The molecule has 1 amide bonds. The first-order valence-corrected chi connectivity index (χ1v) is 6.94. The maximum atomic E-state index is 12.3. The van der Waals surface area contributed by atoms with Crippen LogP contribution in [0.2, 0.25) is 0 Å². The first-order chi connectivity index (χ1) is 9.94. The fraction of sp³-hybridized carbons (Fsp3) is 0.312. The van der Waals surface area contributed by atoms with Crippen molar-refractivity contribution in [2.75, 3.05) is 10.6 Å². The van der Waals surface area contributed by atoms with E-state index >= 15 is 0 Å². The topological polar surface area (TPSA) is 66.9 Å². The number of carbonyl (C=O) groups is 1. The van der Waals surface area contributed by atoms with Crippen LogP contribution in [0, 0.1) is 13.8 Å². The quantitative estimate of drug-likeness (QED) is 0.905. The second-order valence-electron chi connectivity index (χ2n) is 5.34. The van der Waals surface area contributed by atoms with E-state index in [9.17, 15) is 4.79 Å². The molecule has 0 aliphatic heterocycles. The smallest absolute Gasteiger partial charge is 0.274 e. The van der Waals surface area contributed by atoms with Crippen molar-refractivity contribution in [2.45, 2.75) is 33.7 Å². The second kappa shape index (κ2) is 6.35. The summed E-state index contributed by atoms with van der Waals surface area (Å²) >= 11 is 0. The normalized spacial score (nSPS) is 10.5.